The van der Waals surface area contributed by atoms with Gasteiger partial charge >= 0.3 is 0 Å². The van der Waals surface area contributed by atoms with Crippen molar-refractivity contribution < 1.29 is 13.6 Å². The fourth-order valence-corrected chi connectivity index (χ4v) is 2.75. The predicted molar refractivity (Wildman–Crippen MR) is 95.6 cm³/mol. The van der Waals surface area contributed by atoms with Crippen LogP contribution in [0.5, 0.6) is 0 Å². The summed E-state index contributed by atoms with van der Waals surface area (Å²) in [5.41, 5.74) is 3.66. The van der Waals surface area contributed by atoms with E-state index in [1.165, 1.54) is 0 Å². The summed E-state index contributed by atoms with van der Waals surface area (Å²) in [5, 5.41) is 2.87. The van der Waals surface area contributed by atoms with Crippen molar-refractivity contribution in [2.75, 3.05) is 5.32 Å². The summed E-state index contributed by atoms with van der Waals surface area (Å²) in [4.78, 5) is 16.8. The zero-order valence-corrected chi connectivity index (χ0v) is 13.9. The Morgan fingerprint density at radius 2 is 1.76 bits per heavy atom. The molecule has 0 radical (unpaired) electrons. The monoisotopic (exact) mass is 332 g/mol. The summed E-state index contributed by atoms with van der Waals surface area (Å²) >= 11 is 0. The number of aryl methyl sites for hydroxylation is 2. The number of amides is 1. The number of oxazole rings is 1. The highest BCUT2D eigenvalue weighted by Gasteiger charge is 2.14. The minimum absolute atomic E-state index is 0.191. The van der Waals surface area contributed by atoms with Gasteiger partial charge in [-0.25, -0.2) is 4.98 Å². The van der Waals surface area contributed by atoms with Crippen LogP contribution in [0.25, 0.3) is 22.6 Å². The third kappa shape index (κ3) is 2.92. The molecule has 5 nitrogen and oxygen atoms in total. The van der Waals surface area contributed by atoms with E-state index in [-0.39, 0.29) is 5.91 Å². The van der Waals surface area contributed by atoms with Crippen LogP contribution in [0.2, 0.25) is 0 Å². The van der Waals surface area contributed by atoms with Crippen LogP contribution in [0.3, 0.4) is 0 Å². The van der Waals surface area contributed by atoms with Crippen LogP contribution < -0.4 is 5.32 Å². The summed E-state index contributed by atoms with van der Waals surface area (Å²) in [5.74, 6) is 1.69. The first kappa shape index (κ1) is 15.2. The van der Waals surface area contributed by atoms with Crippen molar-refractivity contribution in [2.24, 2.45) is 0 Å². The summed E-state index contributed by atoms with van der Waals surface area (Å²) in [6.07, 6.45) is 0. The zero-order valence-electron chi connectivity index (χ0n) is 13.9. The first-order chi connectivity index (χ1) is 12.1. The lowest BCUT2D eigenvalue weighted by atomic mass is 10.2. The highest BCUT2D eigenvalue weighted by molar-refractivity contribution is 6.05. The molecule has 124 valence electrons. The molecule has 0 fully saturated rings. The highest BCUT2D eigenvalue weighted by Crippen LogP contribution is 2.25. The summed E-state index contributed by atoms with van der Waals surface area (Å²) in [6, 6.07) is 16.7. The summed E-state index contributed by atoms with van der Waals surface area (Å²) in [7, 11) is 0. The van der Waals surface area contributed by atoms with Crippen LogP contribution in [0, 0.1) is 13.8 Å². The standard InChI is InChI=1S/C20H16N2O3/c1-12-11-16(13(2)24-12)19(23)21-15-9-7-14(8-10-15)20-22-17-5-3-4-6-18(17)25-20/h3-11H,1-2H3,(H,21,23). The molecule has 25 heavy (non-hydrogen) atoms. The number of fused-ring (bicyclic) bond motifs is 1. The number of aromatic nitrogens is 1. The first-order valence-corrected chi connectivity index (χ1v) is 7.94. The normalized spacial score (nSPS) is 11.0. The van der Waals surface area contributed by atoms with E-state index < -0.39 is 0 Å². The van der Waals surface area contributed by atoms with Gasteiger partial charge in [-0.05, 0) is 56.3 Å². The fraction of sp³-hybridized carbons (Fsp3) is 0.100. The second kappa shape index (κ2) is 5.94. The molecule has 0 saturated heterocycles. The third-order valence-corrected chi connectivity index (χ3v) is 3.97. The van der Waals surface area contributed by atoms with Crippen molar-refractivity contribution in [3.63, 3.8) is 0 Å². The van der Waals surface area contributed by atoms with Gasteiger partial charge in [-0.3, -0.25) is 4.79 Å². The van der Waals surface area contributed by atoms with Gasteiger partial charge in [0.15, 0.2) is 5.58 Å². The molecule has 0 bridgehead atoms. The molecule has 2 aromatic heterocycles. The van der Waals surface area contributed by atoms with Gasteiger partial charge in [-0.15, -0.1) is 0 Å². The number of nitrogens with one attached hydrogen (secondary N) is 1. The third-order valence-electron chi connectivity index (χ3n) is 3.97. The smallest absolute Gasteiger partial charge is 0.259 e. The minimum atomic E-state index is -0.191. The Hall–Kier alpha value is -3.34. The molecule has 0 saturated carbocycles. The van der Waals surface area contributed by atoms with Crippen molar-refractivity contribution in [1.82, 2.24) is 4.98 Å². The lowest BCUT2D eigenvalue weighted by Gasteiger charge is -2.04. The Labute approximate surface area is 144 Å². The number of anilines is 1. The number of carbonyl (C=O) groups is 1. The van der Waals surface area contributed by atoms with Crippen molar-refractivity contribution >= 4 is 22.7 Å². The number of hydrogen-bond acceptors (Lipinski definition) is 4. The summed E-state index contributed by atoms with van der Waals surface area (Å²) in [6.45, 7) is 3.59. The van der Waals surface area contributed by atoms with Crippen LogP contribution in [0.1, 0.15) is 21.9 Å². The minimum Gasteiger partial charge on any atom is -0.466 e. The van der Waals surface area contributed by atoms with Gasteiger partial charge in [0.25, 0.3) is 5.91 Å². The maximum atomic E-state index is 12.3. The number of rotatable bonds is 3. The van der Waals surface area contributed by atoms with E-state index in [2.05, 4.69) is 10.3 Å². The number of carbonyl (C=O) groups excluding carboxylic acids is 1. The van der Waals surface area contributed by atoms with E-state index in [1.54, 1.807) is 13.0 Å². The molecular formula is C20H16N2O3. The molecule has 0 spiro atoms. The van der Waals surface area contributed by atoms with Gasteiger partial charge in [0.05, 0.1) is 5.56 Å². The topological polar surface area (TPSA) is 68.3 Å². The van der Waals surface area contributed by atoms with E-state index in [9.17, 15) is 4.79 Å². The molecular weight excluding hydrogens is 316 g/mol. The van der Waals surface area contributed by atoms with Gasteiger partial charge in [-0.2, -0.15) is 0 Å². The Bertz CT molecular complexity index is 1030. The van der Waals surface area contributed by atoms with Crippen LogP contribution in [-0.2, 0) is 0 Å². The molecule has 2 heterocycles. The fourth-order valence-electron chi connectivity index (χ4n) is 2.75. The Kier molecular flexibility index (Phi) is 3.61. The SMILES string of the molecule is Cc1cc(C(=O)Nc2ccc(-c3nc4ccccc4o3)cc2)c(C)o1. The molecule has 2 aromatic carbocycles. The molecule has 5 heteroatoms. The van der Waals surface area contributed by atoms with E-state index in [0.717, 1.165) is 16.7 Å². The maximum Gasteiger partial charge on any atom is 0.259 e. The van der Waals surface area contributed by atoms with Crippen molar-refractivity contribution in [3.05, 3.63) is 71.7 Å². The largest absolute Gasteiger partial charge is 0.466 e. The van der Waals surface area contributed by atoms with Gasteiger partial charge in [0.2, 0.25) is 5.89 Å². The molecule has 0 aliphatic carbocycles. The van der Waals surface area contributed by atoms with Crippen LogP contribution >= 0.6 is 0 Å². The number of hydrogen-bond donors (Lipinski definition) is 1. The Morgan fingerprint density at radius 1 is 1.00 bits per heavy atom. The highest BCUT2D eigenvalue weighted by atomic mass is 16.3. The first-order valence-electron chi connectivity index (χ1n) is 7.94. The molecule has 0 atom stereocenters. The average molecular weight is 332 g/mol. The van der Waals surface area contributed by atoms with Crippen molar-refractivity contribution in [1.29, 1.82) is 0 Å². The van der Waals surface area contributed by atoms with E-state index in [1.807, 2.05) is 55.5 Å². The molecule has 4 rings (SSSR count). The average Bonchev–Trinajstić information content (AvgIpc) is 3.18. The lowest BCUT2D eigenvalue weighted by molar-refractivity contribution is 0.102. The number of benzene rings is 2. The maximum absolute atomic E-state index is 12.3. The number of furan rings is 1. The van der Waals surface area contributed by atoms with Crippen molar-refractivity contribution in [3.8, 4) is 11.5 Å². The van der Waals surface area contributed by atoms with Gasteiger partial charge in [0, 0.05) is 11.3 Å². The lowest BCUT2D eigenvalue weighted by Crippen LogP contribution is -2.11. The van der Waals surface area contributed by atoms with Crippen LogP contribution in [0.15, 0.2) is 63.4 Å². The Morgan fingerprint density at radius 3 is 2.44 bits per heavy atom. The molecule has 1 N–H and O–H groups in total. The summed E-state index contributed by atoms with van der Waals surface area (Å²) < 4.78 is 11.1. The van der Waals surface area contributed by atoms with E-state index >= 15 is 0 Å². The molecule has 4 aromatic rings. The number of para-hydroxylation sites is 2. The van der Waals surface area contributed by atoms with E-state index in [4.69, 9.17) is 8.83 Å². The molecule has 0 unspecified atom stereocenters. The molecule has 1 amide bonds. The molecule has 0 aliphatic heterocycles. The van der Waals surface area contributed by atoms with Crippen molar-refractivity contribution in [2.45, 2.75) is 13.8 Å². The van der Waals surface area contributed by atoms with Gasteiger partial charge in [0.1, 0.15) is 17.0 Å². The van der Waals surface area contributed by atoms with Crippen LogP contribution in [-0.4, -0.2) is 10.9 Å². The second-order valence-corrected chi connectivity index (χ2v) is 5.85. The number of nitrogens with zero attached hydrogens (tertiary/aromatic N) is 1. The zero-order chi connectivity index (χ0) is 17.4. The molecule has 0 aliphatic rings. The van der Waals surface area contributed by atoms with Crippen LogP contribution in [0.4, 0.5) is 5.69 Å². The quantitative estimate of drug-likeness (QED) is 0.576. The van der Waals surface area contributed by atoms with E-state index in [0.29, 0.717) is 28.7 Å². The second-order valence-electron chi connectivity index (χ2n) is 5.85. The predicted octanol–water partition coefficient (Wildman–Crippen LogP) is 4.96. The van der Waals surface area contributed by atoms with Gasteiger partial charge in [-0.1, -0.05) is 12.1 Å². The Balaban J connectivity index is 1.55. The van der Waals surface area contributed by atoms with Gasteiger partial charge < -0.3 is 14.2 Å².